The maximum Gasteiger partial charge on any atom is 0.270 e. The van der Waals surface area contributed by atoms with E-state index in [0.29, 0.717) is 12.6 Å². The minimum atomic E-state index is -0.353. The van der Waals surface area contributed by atoms with E-state index >= 15 is 0 Å². The van der Waals surface area contributed by atoms with Crippen LogP contribution in [0, 0.1) is 16.0 Å². The van der Waals surface area contributed by atoms with Gasteiger partial charge in [-0.25, -0.2) is 0 Å². The average molecular weight is 327 g/mol. The van der Waals surface area contributed by atoms with Gasteiger partial charge in [0, 0.05) is 29.2 Å². The fourth-order valence-electron chi connectivity index (χ4n) is 2.74. The Kier molecular flexibility index (Phi) is 4.93. The number of nitro groups is 1. The average Bonchev–Trinajstić information content (AvgIpc) is 2.89. The number of hydrogen-bond acceptors (Lipinski definition) is 3. The largest absolute Gasteiger partial charge is 0.310 e. The number of rotatable bonds is 5. The lowest BCUT2D eigenvalue weighted by Crippen LogP contribution is -2.31. The van der Waals surface area contributed by atoms with Crippen molar-refractivity contribution < 1.29 is 4.92 Å². The number of halogens is 1. The van der Waals surface area contributed by atoms with E-state index in [9.17, 15) is 10.1 Å². The Balaban J connectivity index is 1.96. The minimum absolute atomic E-state index is 0.139. The van der Waals surface area contributed by atoms with E-state index < -0.39 is 0 Å². The predicted molar refractivity (Wildman–Crippen MR) is 79.1 cm³/mol. The van der Waals surface area contributed by atoms with Crippen molar-refractivity contribution in [1.29, 1.82) is 0 Å². The molecular formula is C14H19BrN2O2. The zero-order chi connectivity index (χ0) is 13.8. The highest BCUT2D eigenvalue weighted by Crippen LogP contribution is 2.28. The monoisotopic (exact) mass is 326 g/mol. The van der Waals surface area contributed by atoms with Crippen LogP contribution < -0.4 is 5.32 Å². The summed E-state index contributed by atoms with van der Waals surface area (Å²) in [5.41, 5.74) is 1.09. The zero-order valence-electron chi connectivity index (χ0n) is 11.1. The number of nitrogens with one attached hydrogen (secondary N) is 1. The fourth-order valence-corrected chi connectivity index (χ4v) is 3.27. The van der Waals surface area contributed by atoms with Crippen molar-refractivity contribution in [2.45, 2.75) is 45.2 Å². The van der Waals surface area contributed by atoms with Gasteiger partial charge < -0.3 is 5.32 Å². The molecule has 0 spiro atoms. The van der Waals surface area contributed by atoms with Gasteiger partial charge in [0.1, 0.15) is 0 Å². The fraction of sp³-hybridized carbons (Fsp3) is 0.571. The molecule has 0 unspecified atom stereocenters. The highest BCUT2D eigenvalue weighted by Gasteiger charge is 2.21. The maximum atomic E-state index is 10.8. The van der Waals surface area contributed by atoms with Gasteiger partial charge in [0.2, 0.25) is 0 Å². The third kappa shape index (κ3) is 4.01. The van der Waals surface area contributed by atoms with E-state index in [2.05, 4.69) is 28.2 Å². The van der Waals surface area contributed by atoms with Gasteiger partial charge in [-0.1, -0.05) is 28.8 Å². The van der Waals surface area contributed by atoms with Crippen LogP contribution in [0.25, 0.3) is 0 Å². The quantitative estimate of drug-likeness (QED) is 0.656. The molecule has 0 heterocycles. The molecule has 4 nitrogen and oxygen atoms in total. The van der Waals surface area contributed by atoms with Crippen LogP contribution in [0.3, 0.4) is 0 Å². The molecule has 2 rings (SSSR count). The number of nitro benzene ring substituents is 1. The molecule has 1 aliphatic carbocycles. The Labute approximate surface area is 121 Å². The van der Waals surface area contributed by atoms with Crippen LogP contribution in [0.4, 0.5) is 5.69 Å². The predicted octanol–water partition coefficient (Wildman–Crippen LogP) is 4.03. The molecule has 1 fully saturated rings. The van der Waals surface area contributed by atoms with Crippen LogP contribution in [0.15, 0.2) is 22.7 Å². The lowest BCUT2D eigenvalue weighted by Gasteiger charge is -2.20. The van der Waals surface area contributed by atoms with Gasteiger partial charge in [0.05, 0.1) is 4.92 Å². The Morgan fingerprint density at radius 3 is 2.74 bits per heavy atom. The highest BCUT2D eigenvalue weighted by atomic mass is 79.9. The van der Waals surface area contributed by atoms with Gasteiger partial charge in [-0.3, -0.25) is 10.1 Å². The van der Waals surface area contributed by atoms with Crippen molar-refractivity contribution in [3.05, 3.63) is 38.3 Å². The maximum absolute atomic E-state index is 10.8. The summed E-state index contributed by atoms with van der Waals surface area (Å²) < 4.78 is 0.756. The second-order valence-corrected chi connectivity index (χ2v) is 6.20. The van der Waals surface area contributed by atoms with Crippen LogP contribution in [-0.4, -0.2) is 11.0 Å². The second-order valence-electron chi connectivity index (χ2n) is 5.29. The molecule has 1 aromatic carbocycles. The lowest BCUT2D eigenvalue weighted by atomic mass is 9.99. The van der Waals surface area contributed by atoms with Gasteiger partial charge in [-0.15, -0.1) is 0 Å². The van der Waals surface area contributed by atoms with E-state index in [1.807, 2.05) is 6.07 Å². The van der Waals surface area contributed by atoms with E-state index in [4.69, 9.17) is 0 Å². The second kappa shape index (κ2) is 6.48. The first-order chi connectivity index (χ1) is 9.06. The molecule has 104 valence electrons. The molecule has 19 heavy (non-hydrogen) atoms. The van der Waals surface area contributed by atoms with Crippen LogP contribution in [-0.2, 0) is 6.54 Å². The molecule has 0 amide bonds. The van der Waals surface area contributed by atoms with Crippen molar-refractivity contribution in [3.63, 3.8) is 0 Å². The molecule has 1 aromatic rings. The minimum Gasteiger partial charge on any atom is -0.310 e. The standard InChI is InChI=1S/C14H19BrN2O2/c1-10(12-4-2-3-5-12)16-9-11-6-13(15)8-14(7-11)17(18)19/h6-8,10,12,16H,2-5,9H2,1H3/t10-/m0/s1. The zero-order valence-corrected chi connectivity index (χ0v) is 12.6. The SMILES string of the molecule is C[C@H](NCc1cc(Br)cc([N+](=O)[O-])c1)C1CCCC1. The third-order valence-electron chi connectivity index (χ3n) is 3.89. The Bertz CT molecular complexity index is 459. The first-order valence-electron chi connectivity index (χ1n) is 6.73. The first kappa shape index (κ1) is 14.5. The molecule has 0 aromatic heterocycles. The van der Waals surface area contributed by atoms with Gasteiger partial charge in [-0.2, -0.15) is 0 Å². The number of nitrogens with zero attached hydrogens (tertiary/aromatic N) is 1. The Hall–Kier alpha value is -0.940. The summed E-state index contributed by atoms with van der Waals surface area (Å²) in [4.78, 5) is 10.5. The molecule has 1 saturated carbocycles. The summed E-state index contributed by atoms with van der Waals surface area (Å²) >= 11 is 3.32. The summed E-state index contributed by atoms with van der Waals surface area (Å²) in [6.45, 7) is 2.89. The molecule has 0 aliphatic heterocycles. The van der Waals surface area contributed by atoms with Crippen molar-refractivity contribution in [1.82, 2.24) is 5.32 Å². The van der Waals surface area contributed by atoms with Crippen molar-refractivity contribution in [2.75, 3.05) is 0 Å². The summed E-state index contributed by atoms with van der Waals surface area (Å²) in [5.74, 6) is 0.752. The number of benzene rings is 1. The number of hydrogen-bond donors (Lipinski definition) is 1. The lowest BCUT2D eigenvalue weighted by molar-refractivity contribution is -0.385. The van der Waals surface area contributed by atoms with E-state index in [1.54, 1.807) is 6.07 Å². The van der Waals surface area contributed by atoms with Crippen LogP contribution in [0.5, 0.6) is 0 Å². The summed E-state index contributed by atoms with van der Waals surface area (Å²) in [6, 6.07) is 5.57. The van der Waals surface area contributed by atoms with Crippen molar-refractivity contribution in [3.8, 4) is 0 Å². The van der Waals surface area contributed by atoms with Crippen LogP contribution in [0.2, 0.25) is 0 Å². The van der Waals surface area contributed by atoms with Gasteiger partial charge >= 0.3 is 0 Å². The molecule has 0 bridgehead atoms. The van der Waals surface area contributed by atoms with Crippen LogP contribution >= 0.6 is 15.9 Å². The summed E-state index contributed by atoms with van der Waals surface area (Å²) in [6.07, 6.45) is 5.26. The molecule has 0 radical (unpaired) electrons. The smallest absolute Gasteiger partial charge is 0.270 e. The molecule has 1 aliphatic rings. The Morgan fingerprint density at radius 1 is 1.42 bits per heavy atom. The van der Waals surface area contributed by atoms with Crippen LogP contribution in [0.1, 0.15) is 38.2 Å². The van der Waals surface area contributed by atoms with E-state index in [-0.39, 0.29) is 10.6 Å². The molecular weight excluding hydrogens is 308 g/mol. The normalized spacial score (nSPS) is 17.6. The first-order valence-corrected chi connectivity index (χ1v) is 7.53. The molecule has 1 atom stereocenters. The van der Waals surface area contributed by atoms with Crippen molar-refractivity contribution in [2.24, 2.45) is 5.92 Å². The molecule has 1 N–H and O–H groups in total. The summed E-state index contributed by atoms with van der Waals surface area (Å²) in [7, 11) is 0. The highest BCUT2D eigenvalue weighted by molar-refractivity contribution is 9.10. The molecule has 0 saturated heterocycles. The van der Waals surface area contributed by atoms with Gasteiger partial charge in [0.15, 0.2) is 0 Å². The van der Waals surface area contributed by atoms with E-state index in [1.165, 1.54) is 31.7 Å². The summed E-state index contributed by atoms with van der Waals surface area (Å²) in [5, 5.41) is 14.3. The third-order valence-corrected chi connectivity index (χ3v) is 4.35. The van der Waals surface area contributed by atoms with Crippen molar-refractivity contribution >= 4 is 21.6 Å². The van der Waals surface area contributed by atoms with E-state index in [0.717, 1.165) is 16.0 Å². The van der Waals surface area contributed by atoms with Gasteiger partial charge in [0.25, 0.3) is 5.69 Å². The topological polar surface area (TPSA) is 55.2 Å². The molecule has 5 heteroatoms. The van der Waals surface area contributed by atoms with Gasteiger partial charge in [-0.05, 0) is 37.3 Å². The number of non-ortho nitro benzene ring substituents is 1. The Morgan fingerprint density at radius 2 is 2.11 bits per heavy atom.